The van der Waals surface area contributed by atoms with Crippen molar-refractivity contribution in [1.82, 2.24) is 25.6 Å². The molecule has 4 aromatic rings. The van der Waals surface area contributed by atoms with Gasteiger partial charge < -0.3 is 9.47 Å². The largest absolute Gasteiger partial charge is 0.473 e. The van der Waals surface area contributed by atoms with Crippen molar-refractivity contribution >= 4 is 5.97 Å². The number of alkyl halides is 3. The molecule has 2 aliphatic carbocycles. The molecule has 2 aromatic carbocycles. The Bertz CT molecular complexity index is 1610. The number of aromatic nitrogens is 5. The average molecular weight is 557 g/mol. The number of esters is 1. The molecular weight excluding hydrogens is 537 g/mol. The fraction of sp³-hybridized carbons (Fsp3) is 0.296. The van der Waals surface area contributed by atoms with E-state index in [2.05, 4.69) is 25.6 Å². The van der Waals surface area contributed by atoms with Gasteiger partial charge in [-0.1, -0.05) is 12.1 Å². The molecule has 8 nitrogen and oxygen atoms in total. The minimum absolute atomic E-state index is 0.0480. The molecule has 6 rings (SSSR count). The number of nitrogens with one attached hydrogen (secondary N) is 1. The first-order valence-corrected chi connectivity index (χ1v) is 12.4. The average Bonchev–Trinajstić information content (AvgIpc) is 3.23. The summed E-state index contributed by atoms with van der Waals surface area (Å²) in [4.78, 5) is 16.3. The Morgan fingerprint density at radius 1 is 1.10 bits per heavy atom. The number of carbonyl (C=O) groups excluding carboxylic acids is 1. The third kappa shape index (κ3) is 4.54. The van der Waals surface area contributed by atoms with Crippen LogP contribution in [0.25, 0.3) is 22.5 Å². The summed E-state index contributed by atoms with van der Waals surface area (Å²) in [5.41, 5.74) is -0.397. The van der Waals surface area contributed by atoms with Crippen molar-refractivity contribution in [3.8, 4) is 28.4 Å². The Balaban J connectivity index is 1.25. The van der Waals surface area contributed by atoms with Crippen molar-refractivity contribution in [2.45, 2.75) is 32.0 Å². The van der Waals surface area contributed by atoms with Crippen molar-refractivity contribution in [3.05, 3.63) is 76.5 Å². The van der Waals surface area contributed by atoms with Crippen LogP contribution in [0.2, 0.25) is 0 Å². The molecule has 1 N–H and O–H groups in total. The van der Waals surface area contributed by atoms with Crippen molar-refractivity contribution in [2.24, 2.45) is 11.8 Å². The van der Waals surface area contributed by atoms with Crippen LogP contribution in [0.15, 0.2) is 42.6 Å². The number of aromatic amines is 1. The van der Waals surface area contributed by atoms with Crippen LogP contribution in [0.3, 0.4) is 0 Å². The number of benzene rings is 2. The van der Waals surface area contributed by atoms with E-state index in [0.29, 0.717) is 19.1 Å². The van der Waals surface area contributed by atoms with E-state index in [0.717, 1.165) is 29.3 Å². The van der Waals surface area contributed by atoms with Crippen LogP contribution < -0.4 is 4.74 Å². The van der Waals surface area contributed by atoms with Gasteiger partial charge in [0.1, 0.15) is 18.2 Å². The zero-order valence-corrected chi connectivity index (χ0v) is 20.8. The zero-order valence-electron chi connectivity index (χ0n) is 20.8. The number of rotatable bonds is 7. The Morgan fingerprint density at radius 3 is 2.62 bits per heavy atom. The van der Waals surface area contributed by atoms with Gasteiger partial charge in [-0.05, 0) is 59.4 Å². The molecule has 0 saturated heterocycles. The molecular formula is C27H20F5N5O3. The highest BCUT2D eigenvalue weighted by Crippen LogP contribution is 2.61. The molecule has 2 aliphatic rings. The van der Waals surface area contributed by atoms with E-state index in [9.17, 15) is 22.4 Å². The van der Waals surface area contributed by atoms with E-state index in [1.807, 2.05) is 0 Å². The van der Waals surface area contributed by atoms with Crippen LogP contribution in [0, 0.1) is 23.5 Å². The number of tetrazole rings is 1. The summed E-state index contributed by atoms with van der Waals surface area (Å²) >= 11 is 0. The fourth-order valence-corrected chi connectivity index (χ4v) is 5.40. The number of hydrogen-bond acceptors (Lipinski definition) is 7. The highest BCUT2D eigenvalue weighted by Gasteiger charge is 2.60. The zero-order chi connectivity index (χ0) is 28.2. The normalized spacial score (nSPS) is 19.2. The molecule has 13 heteroatoms. The Hall–Kier alpha value is -4.42. The molecule has 2 heterocycles. The van der Waals surface area contributed by atoms with Crippen LogP contribution in [0.4, 0.5) is 22.0 Å². The van der Waals surface area contributed by atoms with Gasteiger partial charge in [0.15, 0.2) is 0 Å². The molecule has 206 valence electrons. The maximum Gasteiger partial charge on any atom is 0.417 e. The standard InChI is InChI=1S/C27H20F5N5O3/c1-2-39-26(38)24-17-5-13-8-22(33-10-18(13)23(17)24)40-11-14-6-16(19(9-20(14)28)27(30,31)32)15-4-3-12(7-21(15)29)25-34-36-37-35-25/h3-4,6-10,17,23-24H,2,5,11H2,1H3,(H,34,35,36,37). The van der Waals surface area contributed by atoms with E-state index in [1.54, 1.807) is 19.2 Å². The number of hydrogen-bond donors (Lipinski definition) is 1. The summed E-state index contributed by atoms with van der Waals surface area (Å²) in [7, 11) is 0. The second-order valence-corrected chi connectivity index (χ2v) is 9.60. The lowest BCUT2D eigenvalue weighted by molar-refractivity contribution is -0.145. The number of carbonyl (C=O) groups is 1. The summed E-state index contributed by atoms with van der Waals surface area (Å²) in [5.74, 6) is -2.13. The quantitative estimate of drug-likeness (QED) is 0.245. The first kappa shape index (κ1) is 25.8. The first-order valence-electron chi connectivity index (χ1n) is 12.4. The van der Waals surface area contributed by atoms with E-state index in [4.69, 9.17) is 9.47 Å². The van der Waals surface area contributed by atoms with Gasteiger partial charge in [-0.2, -0.15) is 18.4 Å². The molecule has 0 radical (unpaired) electrons. The van der Waals surface area contributed by atoms with Crippen LogP contribution in [-0.2, 0) is 28.7 Å². The van der Waals surface area contributed by atoms with Crippen LogP contribution >= 0.6 is 0 Å². The molecule has 40 heavy (non-hydrogen) atoms. The smallest absolute Gasteiger partial charge is 0.417 e. The lowest BCUT2D eigenvalue weighted by Gasteiger charge is -2.17. The maximum absolute atomic E-state index is 15.0. The number of H-pyrrole nitrogens is 1. The highest BCUT2D eigenvalue weighted by molar-refractivity contribution is 5.79. The molecule has 0 spiro atoms. The summed E-state index contributed by atoms with van der Waals surface area (Å²) in [6.07, 6.45) is -2.71. The molecule has 0 bridgehead atoms. The Labute approximate surface area is 223 Å². The van der Waals surface area contributed by atoms with Gasteiger partial charge in [-0.25, -0.2) is 13.8 Å². The van der Waals surface area contributed by atoms with E-state index >= 15 is 4.39 Å². The minimum atomic E-state index is -4.95. The van der Waals surface area contributed by atoms with Crippen molar-refractivity contribution in [2.75, 3.05) is 6.61 Å². The molecule has 1 saturated carbocycles. The molecule has 0 amide bonds. The predicted octanol–water partition coefficient (Wildman–Crippen LogP) is 5.25. The molecule has 1 fully saturated rings. The monoisotopic (exact) mass is 557 g/mol. The fourth-order valence-electron chi connectivity index (χ4n) is 5.40. The van der Waals surface area contributed by atoms with Gasteiger partial charge in [-0.15, -0.1) is 10.2 Å². The van der Waals surface area contributed by atoms with Crippen molar-refractivity contribution in [1.29, 1.82) is 0 Å². The Morgan fingerprint density at radius 2 is 1.93 bits per heavy atom. The van der Waals surface area contributed by atoms with Crippen LogP contribution in [0.5, 0.6) is 5.88 Å². The second kappa shape index (κ2) is 9.65. The SMILES string of the molecule is CCOC(=O)C1C2Cc3cc(OCc4cc(-c5ccc(-c6nn[nH]n6)cc5F)c(C(F)(F)F)cc4F)ncc3C21. The molecule has 3 atom stereocenters. The number of ether oxygens (including phenoxy) is 2. The predicted molar refractivity (Wildman–Crippen MR) is 129 cm³/mol. The summed E-state index contributed by atoms with van der Waals surface area (Å²) in [6.45, 7) is 1.62. The lowest BCUT2D eigenvalue weighted by Crippen LogP contribution is -2.11. The van der Waals surface area contributed by atoms with Crippen molar-refractivity contribution in [3.63, 3.8) is 0 Å². The van der Waals surface area contributed by atoms with Gasteiger partial charge in [0.05, 0.1) is 18.1 Å². The van der Waals surface area contributed by atoms with Crippen LogP contribution in [-0.4, -0.2) is 38.2 Å². The van der Waals surface area contributed by atoms with E-state index in [1.165, 1.54) is 6.07 Å². The second-order valence-electron chi connectivity index (χ2n) is 9.60. The number of fused-ring (bicyclic) bond motifs is 3. The number of pyridine rings is 1. The van der Waals surface area contributed by atoms with Crippen molar-refractivity contribution < 1.29 is 36.2 Å². The maximum atomic E-state index is 15.0. The molecule has 0 aliphatic heterocycles. The van der Waals surface area contributed by atoms with Gasteiger partial charge in [0, 0.05) is 34.9 Å². The topological polar surface area (TPSA) is 103 Å². The summed E-state index contributed by atoms with van der Waals surface area (Å²) in [5, 5.41) is 13.0. The van der Waals surface area contributed by atoms with E-state index in [-0.39, 0.29) is 52.1 Å². The summed E-state index contributed by atoms with van der Waals surface area (Å²) < 4.78 is 82.1. The minimum Gasteiger partial charge on any atom is -0.473 e. The van der Waals surface area contributed by atoms with Gasteiger partial charge in [-0.3, -0.25) is 4.79 Å². The first-order chi connectivity index (χ1) is 19.2. The molecule has 2 aromatic heterocycles. The van der Waals surface area contributed by atoms with Crippen LogP contribution in [0.1, 0.15) is 35.1 Å². The highest BCUT2D eigenvalue weighted by atomic mass is 19.4. The summed E-state index contributed by atoms with van der Waals surface area (Å²) in [6, 6.07) is 6.41. The third-order valence-corrected chi connectivity index (χ3v) is 7.27. The van der Waals surface area contributed by atoms with Gasteiger partial charge in [0.25, 0.3) is 0 Å². The Kier molecular flexibility index (Phi) is 6.23. The van der Waals surface area contributed by atoms with Gasteiger partial charge in [0.2, 0.25) is 11.7 Å². The number of halogens is 5. The van der Waals surface area contributed by atoms with Gasteiger partial charge >= 0.3 is 12.1 Å². The molecule has 3 unspecified atom stereocenters. The lowest BCUT2D eigenvalue weighted by atomic mass is 9.95. The third-order valence-electron chi connectivity index (χ3n) is 7.27. The van der Waals surface area contributed by atoms with E-state index < -0.39 is 35.5 Å². The number of nitrogens with zero attached hydrogens (tertiary/aromatic N) is 4.